The van der Waals surface area contributed by atoms with Gasteiger partial charge in [-0.25, -0.2) is 4.99 Å². The Bertz CT molecular complexity index is 1120. The maximum atomic E-state index is 12.8. The zero-order chi connectivity index (χ0) is 23.3. The zero-order valence-electron chi connectivity index (χ0n) is 18.3. The molecule has 0 amide bonds. The van der Waals surface area contributed by atoms with E-state index in [0.717, 1.165) is 5.57 Å². The van der Waals surface area contributed by atoms with Crippen molar-refractivity contribution in [3.8, 4) is 5.75 Å². The summed E-state index contributed by atoms with van der Waals surface area (Å²) in [6, 6.07) is 8.67. The first-order valence-corrected chi connectivity index (χ1v) is 9.32. The Morgan fingerprint density at radius 1 is 1.24 bits per heavy atom. The summed E-state index contributed by atoms with van der Waals surface area (Å²) in [6.45, 7) is -0.234. The lowest BCUT2D eigenvalue weighted by molar-refractivity contribution is -0.274. The largest absolute Gasteiger partial charge is 0.573 e. The molecule has 152 valence electrons. The molecule has 4 nitrogen and oxygen atoms in total. The van der Waals surface area contributed by atoms with Crippen molar-refractivity contribution in [2.75, 3.05) is 18.8 Å². The molecule has 0 bridgehead atoms. The van der Waals surface area contributed by atoms with Crippen LogP contribution in [0, 0.1) is 0 Å². The van der Waals surface area contributed by atoms with Crippen molar-refractivity contribution in [2.24, 2.45) is 4.99 Å². The number of likely N-dealkylation sites (N-methyl/N-ethyl adjacent to an activating group) is 1. The molecule has 0 saturated carbocycles. The Balaban J connectivity index is 1.85. The number of fused-ring (bicyclic) bond motifs is 2. The van der Waals surface area contributed by atoms with E-state index in [9.17, 15) is 13.2 Å². The summed E-state index contributed by atoms with van der Waals surface area (Å²) >= 11 is 6.14. The number of benzene rings is 2. The molecule has 2 aromatic rings. The quantitative estimate of drug-likeness (QED) is 0.636. The van der Waals surface area contributed by atoms with Crippen molar-refractivity contribution in [3.05, 3.63) is 58.6 Å². The maximum Gasteiger partial charge on any atom is 0.573 e. The van der Waals surface area contributed by atoms with Crippen LogP contribution in [0.15, 0.2) is 53.0 Å². The molecule has 0 radical (unpaired) electrons. The highest BCUT2D eigenvalue weighted by atomic mass is 35.5. The number of nitrogens with zero attached hydrogens (tertiary/aromatic N) is 2. The molecule has 2 aliphatic heterocycles. The van der Waals surface area contributed by atoms with Crippen LogP contribution >= 0.6 is 11.6 Å². The molecular formula is C21H19ClF3N3O. The monoisotopic (exact) mass is 424 g/mol. The topological polar surface area (TPSA) is 36.9 Å². The Hall–Kier alpha value is -2.51. The van der Waals surface area contributed by atoms with Crippen molar-refractivity contribution in [1.29, 1.82) is 0 Å². The summed E-state index contributed by atoms with van der Waals surface area (Å²) in [5, 5.41) is 3.65. The molecule has 29 heavy (non-hydrogen) atoms. The molecule has 0 fully saturated rings. The third-order valence-corrected chi connectivity index (χ3v) is 5.04. The van der Waals surface area contributed by atoms with E-state index in [4.69, 9.17) is 20.7 Å². The lowest BCUT2D eigenvalue weighted by atomic mass is 9.93. The molecular weight excluding hydrogens is 403 g/mol. The summed E-state index contributed by atoms with van der Waals surface area (Å²) in [5.41, 5.74) is 3.31. The number of rotatable bonds is 2. The summed E-state index contributed by atoms with van der Waals surface area (Å²) in [4.78, 5) is 6.12. The molecule has 0 unspecified atom stereocenters. The SMILES string of the molecule is [2H]C([2H])([2H])N1CCC(C2=Nc3cc(Cl)ccc3Nc3ccc(OC(F)(F)F)cc32)=C[C@@H]1C. The predicted molar refractivity (Wildman–Crippen MR) is 109 cm³/mol. The third-order valence-electron chi connectivity index (χ3n) is 4.80. The summed E-state index contributed by atoms with van der Waals surface area (Å²) in [7, 11) is 0. The maximum absolute atomic E-state index is 12.8. The van der Waals surface area contributed by atoms with Gasteiger partial charge in [-0.3, -0.25) is 4.90 Å². The van der Waals surface area contributed by atoms with Crippen LogP contribution in [0.4, 0.5) is 30.2 Å². The molecule has 2 heterocycles. The predicted octanol–water partition coefficient (Wildman–Crippen LogP) is 6.07. The Labute approximate surface area is 175 Å². The average Bonchev–Trinajstić information content (AvgIpc) is 2.82. The fourth-order valence-corrected chi connectivity index (χ4v) is 3.57. The van der Waals surface area contributed by atoms with E-state index >= 15 is 0 Å². The van der Waals surface area contributed by atoms with Crippen molar-refractivity contribution in [2.45, 2.75) is 25.7 Å². The van der Waals surface area contributed by atoms with Gasteiger partial charge in [0.1, 0.15) is 5.75 Å². The van der Waals surface area contributed by atoms with Gasteiger partial charge in [0.2, 0.25) is 0 Å². The number of hydrogen-bond acceptors (Lipinski definition) is 4. The molecule has 2 aliphatic rings. The fraction of sp³-hybridized carbons (Fsp3) is 0.286. The second kappa shape index (κ2) is 7.39. The van der Waals surface area contributed by atoms with E-state index in [-0.39, 0.29) is 12.3 Å². The highest BCUT2D eigenvalue weighted by molar-refractivity contribution is 6.31. The van der Waals surface area contributed by atoms with E-state index in [1.165, 1.54) is 23.1 Å². The van der Waals surface area contributed by atoms with Crippen LogP contribution in [0.3, 0.4) is 0 Å². The summed E-state index contributed by atoms with van der Waals surface area (Å²) in [5.74, 6) is -0.372. The minimum atomic E-state index is -4.83. The number of hydrogen-bond donors (Lipinski definition) is 1. The van der Waals surface area contributed by atoms with Gasteiger partial charge < -0.3 is 10.1 Å². The number of anilines is 2. The van der Waals surface area contributed by atoms with E-state index < -0.39 is 19.4 Å². The number of halogens is 4. The zero-order valence-corrected chi connectivity index (χ0v) is 16.1. The summed E-state index contributed by atoms with van der Waals surface area (Å²) in [6.07, 6.45) is -2.69. The standard InChI is InChI=1S/C21H19ClF3N3O/c1-12-9-13(7-8-28(12)2)20-16-11-15(29-21(23,24)25)4-6-17(16)26-18-5-3-14(22)10-19(18)27-20/h3-6,9-12,26H,7-8H2,1-2H3/t12-/m0/s1/i2D3. The first-order chi connectivity index (χ1) is 14.9. The minimum Gasteiger partial charge on any atom is -0.406 e. The van der Waals surface area contributed by atoms with Gasteiger partial charge in [-0.2, -0.15) is 0 Å². The molecule has 8 heteroatoms. The molecule has 0 spiro atoms. The number of alkyl halides is 3. The van der Waals surface area contributed by atoms with Gasteiger partial charge in [-0.05, 0) is 62.3 Å². The number of ether oxygens (including phenoxy) is 1. The second-order valence-corrected chi connectivity index (χ2v) is 7.31. The number of nitrogens with one attached hydrogen (secondary N) is 1. The van der Waals surface area contributed by atoms with Gasteiger partial charge >= 0.3 is 6.36 Å². The molecule has 1 N–H and O–H groups in total. The first kappa shape index (κ1) is 16.3. The van der Waals surface area contributed by atoms with Gasteiger partial charge in [0.05, 0.1) is 17.1 Å². The lowest BCUT2D eigenvalue weighted by Crippen LogP contribution is -2.33. The minimum absolute atomic E-state index is 0.256. The highest BCUT2D eigenvalue weighted by Crippen LogP contribution is 2.39. The van der Waals surface area contributed by atoms with Crippen molar-refractivity contribution in [3.63, 3.8) is 0 Å². The van der Waals surface area contributed by atoms with Crippen molar-refractivity contribution < 1.29 is 22.0 Å². The van der Waals surface area contributed by atoms with Gasteiger partial charge in [-0.1, -0.05) is 17.7 Å². The van der Waals surface area contributed by atoms with Crippen LogP contribution in [-0.2, 0) is 0 Å². The number of aliphatic imine (C=N–C) groups is 1. The van der Waals surface area contributed by atoms with Crippen LogP contribution in [0.25, 0.3) is 0 Å². The normalized spacial score (nSPS) is 21.3. The van der Waals surface area contributed by atoms with E-state index in [0.29, 0.717) is 39.8 Å². The first-order valence-electron chi connectivity index (χ1n) is 10.4. The Kier molecular flexibility index (Phi) is 4.15. The molecule has 2 aromatic carbocycles. The van der Waals surface area contributed by atoms with E-state index in [1.807, 2.05) is 0 Å². The van der Waals surface area contributed by atoms with Gasteiger partial charge in [0.15, 0.2) is 0 Å². The van der Waals surface area contributed by atoms with E-state index in [2.05, 4.69) is 10.1 Å². The van der Waals surface area contributed by atoms with Gasteiger partial charge in [0.25, 0.3) is 0 Å². The molecule has 4 rings (SSSR count). The Morgan fingerprint density at radius 3 is 2.76 bits per heavy atom. The molecule has 1 atom stereocenters. The lowest BCUT2D eigenvalue weighted by Gasteiger charge is -2.29. The van der Waals surface area contributed by atoms with Crippen LogP contribution in [-0.4, -0.2) is 36.5 Å². The smallest absolute Gasteiger partial charge is 0.406 e. The average molecular weight is 425 g/mol. The van der Waals surface area contributed by atoms with Crippen LogP contribution in [0.5, 0.6) is 5.75 Å². The highest BCUT2D eigenvalue weighted by Gasteiger charge is 2.32. The fourth-order valence-electron chi connectivity index (χ4n) is 3.41. The van der Waals surface area contributed by atoms with E-state index in [1.54, 1.807) is 31.2 Å². The molecule has 0 saturated heterocycles. The van der Waals surface area contributed by atoms with Gasteiger partial charge in [0, 0.05) is 33.0 Å². The van der Waals surface area contributed by atoms with Crippen molar-refractivity contribution in [1.82, 2.24) is 4.90 Å². The van der Waals surface area contributed by atoms with Crippen LogP contribution in [0.1, 0.15) is 23.0 Å². The van der Waals surface area contributed by atoms with Crippen molar-refractivity contribution >= 4 is 34.4 Å². The summed E-state index contributed by atoms with van der Waals surface area (Å²) < 4.78 is 65.7. The second-order valence-electron chi connectivity index (χ2n) is 6.88. The van der Waals surface area contributed by atoms with Crippen LogP contribution in [0.2, 0.25) is 5.02 Å². The third kappa shape index (κ3) is 4.26. The van der Waals surface area contributed by atoms with Gasteiger partial charge in [-0.15, -0.1) is 13.2 Å². The van der Waals surface area contributed by atoms with Crippen LogP contribution < -0.4 is 10.1 Å². The molecule has 0 aliphatic carbocycles. The molecule has 0 aromatic heterocycles. The Morgan fingerprint density at radius 2 is 2.03 bits per heavy atom.